The fourth-order valence-electron chi connectivity index (χ4n) is 2.63. The number of esters is 1. The molecule has 23 heavy (non-hydrogen) atoms. The second-order valence-electron chi connectivity index (χ2n) is 5.74. The topological polar surface area (TPSA) is 64.6 Å². The van der Waals surface area contributed by atoms with Crippen molar-refractivity contribution < 1.29 is 23.5 Å². The molecule has 0 radical (unpaired) electrons. The molecule has 0 aromatic heterocycles. The Labute approximate surface area is 135 Å². The number of amides is 1. The minimum atomic E-state index is -0.967. The molecule has 1 fully saturated rings. The summed E-state index contributed by atoms with van der Waals surface area (Å²) < 4.78 is 23.8. The Morgan fingerprint density at radius 1 is 1.26 bits per heavy atom. The lowest BCUT2D eigenvalue weighted by Crippen LogP contribution is -2.42. The van der Waals surface area contributed by atoms with E-state index in [2.05, 4.69) is 5.32 Å². The zero-order valence-electron chi connectivity index (χ0n) is 13.4. The highest BCUT2D eigenvalue weighted by molar-refractivity contribution is 5.92. The van der Waals surface area contributed by atoms with Gasteiger partial charge in [-0.1, -0.05) is 19.3 Å². The van der Waals surface area contributed by atoms with Gasteiger partial charge in [0.2, 0.25) is 0 Å². The van der Waals surface area contributed by atoms with Crippen LogP contribution >= 0.6 is 0 Å². The number of methoxy groups -OCH3 is 1. The first-order valence-corrected chi connectivity index (χ1v) is 7.86. The maximum Gasteiger partial charge on any atom is 0.341 e. The van der Waals surface area contributed by atoms with Crippen LogP contribution < -0.4 is 10.1 Å². The van der Waals surface area contributed by atoms with Crippen molar-refractivity contribution >= 4 is 11.9 Å². The molecule has 0 bridgehead atoms. The molecule has 1 saturated carbocycles. The van der Waals surface area contributed by atoms with Gasteiger partial charge >= 0.3 is 5.97 Å². The van der Waals surface area contributed by atoms with Crippen molar-refractivity contribution in [3.63, 3.8) is 0 Å². The molecule has 1 aromatic rings. The molecular weight excluding hydrogens is 301 g/mol. The summed E-state index contributed by atoms with van der Waals surface area (Å²) in [4.78, 5) is 24.1. The molecule has 1 atom stereocenters. The molecular formula is C17H22FNO4. The van der Waals surface area contributed by atoms with Gasteiger partial charge in [-0.15, -0.1) is 0 Å². The van der Waals surface area contributed by atoms with Crippen LogP contribution in [0.15, 0.2) is 18.2 Å². The quantitative estimate of drug-likeness (QED) is 0.846. The van der Waals surface area contributed by atoms with Crippen molar-refractivity contribution in [1.29, 1.82) is 0 Å². The number of carbonyl (C=O) groups is 2. The minimum absolute atomic E-state index is 0.134. The summed E-state index contributed by atoms with van der Waals surface area (Å²) in [6, 6.07) is 3.98. The molecule has 0 heterocycles. The normalized spacial score (nSPS) is 16.5. The summed E-state index contributed by atoms with van der Waals surface area (Å²) in [5.41, 5.74) is -0.219. The van der Waals surface area contributed by atoms with Gasteiger partial charge in [-0.25, -0.2) is 9.18 Å². The molecule has 1 aliphatic rings. The Hall–Kier alpha value is -2.11. The van der Waals surface area contributed by atoms with Gasteiger partial charge in [-0.05, 0) is 31.9 Å². The van der Waals surface area contributed by atoms with Crippen LogP contribution in [-0.2, 0) is 9.53 Å². The average molecular weight is 323 g/mol. The predicted molar refractivity (Wildman–Crippen MR) is 82.8 cm³/mol. The van der Waals surface area contributed by atoms with Crippen LogP contribution in [0.2, 0.25) is 0 Å². The second-order valence-corrected chi connectivity index (χ2v) is 5.74. The third kappa shape index (κ3) is 4.68. The Kier molecular flexibility index (Phi) is 5.96. The lowest BCUT2D eigenvalue weighted by Gasteiger charge is -2.24. The Bertz CT molecular complexity index is 570. The molecule has 0 spiro atoms. The Morgan fingerprint density at radius 3 is 2.57 bits per heavy atom. The molecule has 0 saturated heterocycles. The molecule has 0 aliphatic heterocycles. The highest BCUT2D eigenvalue weighted by Crippen LogP contribution is 2.19. The number of hydrogen-bond acceptors (Lipinski definition) is 4. The SMILES string of the molecule is COc1ccc(C(=O)O[C@@H](C)C(=O)NC2CCCCC2)c(F)c1. The number of rotatable bonds is 5. The smallest absolute Gasteiger partial charge is 0.341 e. The largest absolute Gasteiger partial charge is 0.497 e. The van der Waals surface area contributed by atoms with Crippen LogP contribution in [0.5, 0.6) is 5.75 Å². The lowest BCUT2D eigenvalue weighted by molar-refractivity contribution is -0.130. The van der Waals surface area contributed by atoms with Crippen molar-refractivity contribution in [3.05, 3.63) is 29.6 Å². The highest BCUT2D eigenvalue weighted by atomic mass is 19.1. The van der Waals surface area contributed by atoms with Crippen molar-refractivity contribution in [2.45, 2.75) is 51.2 Å². The van der Waals surface area contributed by atoms with E-state index >= 15 is 0 Å². The first-order valence-electron chi connectivity index (χ1n) is 7.86. The lowest BCUT2D eigenvalue weighted by atomic mass is 9.95. The average Bonchev–Trinajstić information content (AvgIpc) is 2.55. The van der Waals surface area contributed by atoms with Crippen LogP contribution in [0, 0.1) is 5.82 Å². The molecule has 1 amide bonds. The number of halogens is 1. The van der Waals surface area contributed by atoms with E-state index in [1.807, 2.05) is 0 Å². The summed E-state index contributed by atoms with van der Waals surface area (Å²) >= 11 is 0. The summed E-state index contributed by atoms with van der Waals surface area (Å²) in [7, 11) is 1.41. The summed E-state index contributed by atoms with van der Waals surface area (Å²) in [6.07, 6.45) is 4.30. The number of carbonyl (C=O) groups excluding carboxylic acids is 2. The van der Waals surface area contributed by atoms with Gasteiger partial charge in [0.05, 0.1) is 12.7 Å². The highest BCUT2D eigenvalue weighted by Gasteiger charge is 2.24. The zero-order valence-corrected chi connectivity index (χ0v) is 13.4. The molecule has 6 heteroatoms. The number of nitrogens with one attached hydrogen (secondary N) is 1. The molecule has 1 aromatic carbocycles. The van der Waals surface area contributed by atoms with Crippen LogP contribution in [0.25, 0.3) is 0 Å². The van der Waals surface area contributed by atoms with Crippen LogP contribution in [0.3, 0.4) is 0 Å². The van der Waals surface area contributed by atoms with Crippen molar-refractivity contribution in [3.8, 4) is 5.75 Å². The minimum Gasteiger partial charge on any atom is -0.497 e. The van der Waals surface area contributed by atoms with Crippen molar-refractivity contribution in [1.82, 2.24) is 5.32 Å². The van der Waals surface area contributed by atoms with Gasteiger partial charge in [0.15, 0.2) is 6.10 Å². The van der Waals surface area contributed by atoms with E-state index in [4.69, 9.17) is 9.47 Å². The van der Waals surface area contributed by atoms with Gasteiger partial charge < -0.3 is 14.8 Å². The molecule has 1 N–H and O–H groups in total. The third-order valence-electron chi connectivity index (χ3n) is 4.00. The maximum atomic E-state index is 13.8. The summed E-state index contributed by atoms with van der Waals surface area (Å²) in [6.45, 7) is 1.48. The fraction of sp³-hybridized carbons (Fsp3) is 0.529. The number of benzene rings is 1. The molecule has 5 nitrogen and oxygen atoms in total. The van der Waals surface area contributed by atoms with Gasteiger partial charge in [-0.2, -0.15) is 0 Å². The Morgan fingerprint density at radius 2 is 1.96 bits per heavy atom. The fourth-order valence-corrected chi connectivity index (χ4v) is 2.63. The van der Waals surface area contributed by atoms with Crippen molar-refractivity contribution in [2.24, 2.45) is 0 Å². The third-order valence-corrected chi connectivity index (χ3v) is 4.00. The maximum absolute atomic E-state index is 13.8. The van der Waals surface area contributed by atoms with Crippen molar-refractivity contribution in [2.75, 3.05) is 7.11 Å². The van der Waals surface area contributed by atoms with E-state index < -0.39 is 17.9 Å². The van der Waals surface area contributed by atoms with E-state index in [0.29, 0.717) is 5.75 Å². The van der Waals surface area contributed by atoms with Crippen LogP contribution in [-0.4, -0.2) is 31.1 Å². The molecule has 1 aliphatic carbocycles. The predicted octanol–water partition coefficient (Wildman–Crippen LogP) is 2.83. The van der Waals surface area contributed by atoms with Gasteiger partial charge in [0.1, 0.15) is 11.6 Å². The van der Waals surface area contributed by atoms with E-state index in [-0.39, 0.29) is 17.5 Å². The van der Waals surface area contributed by atoms with Crippen LogP contribution in [0.4, 0.5) is 4.39 Å². The standard InChI is InChI=1S/C17H22FNO4/c1-11(16(20)19-12-6-4-3-5-7-12)23-17(21)14-9-8-13(22-2)10-15(14)18/h8-12H,3-7H2,1-2H3,(H,19,20)/t11-/m0/s1. The first kappa shape index (κ1) is 17.2. The monoisotopic (exact) mass is 323 g/mol. The molecule has 0 unspecified atom stereocenters. The van der Waals surface area contributed by atoms with Gasteiger partial charge in [0.25, 0.3) is 5.91 Å². The van der Waals surface area contributed by atoms with E-state index in [0.717, 1.165) is 31.7 Å². The van der Waals surface area contributed by atoms with Gasteiger partial charge in [0, 0.05) is 12.1 Å². The number of ether oxygens (including phenoxy) is 2. The van der Waals surface area contributed by atoms with E-state index in [1.165, 1.54) is 32.6 Å². The second kappa shape index (κ2) is 7.94. The van der Waals surface area contributed by atoms with E-state index in [1.54, 1.807) is 0 Å². The summed E-state index contributed by atoms with van der Waals surface area (Å²) in [5, 5.41) is 2.88. The molecule has 126 valence electrons. The van der Waals surface area contributed by atoms with Crippen LogP contribution in [0.1, 0.15) is 49.4 Å². The first-order chi connectivity index (χ1) is 11.0. The number of hydrogen-bond donors (Lipinski definition) is 1. The van der Waals surface area contributed by atoms with E-state index in [9.17, 15) is 14.0 Å². The van der Waals surface area contributed by atoms with Gasteiger partial charge in [-0.3, -0.25) is 4.79 Å². The summed E-state index contributed by atoms with van der Waals surface area (Å²) in [5.74, 6) is -1.65. The Balaban J connectivity index is 1.92. The molecule has 2 rings (SSSR count). The zero-order chi connectivity index (χ0) is 16.8.